The van der Waals surface area contributed by atoms with Crippen molar-refractivity contribution >= 4 is 63.7 Å². The van der Waals surface area contributed by atoms with Crippen LogP contribution in [0.25, 0.3) is 22.3 Å². The zero-order valence-corrected chi connectivity index (χ0v) is 18.2. The highest BCUT2D eigenvalue weighted by atomic mass is 79.9. The van der Waals surface area contributed by atoms with Crippen LogP contribution in [0.1, 0.15) is 11.1 Å². The van der Waals surface area contributed by atoms with Gasteiger partial charge in [-0.05, 0) is 77.0 Å². The van der Waals surface area contributed by atoms with E-state index in [9.17, 15) is 0 Å². The van der Waals surface area contributed by atoms with Gasteiger partial charge < -0.3 is 0 Å². The molecule has 0 spiro atoms. The van der Waals surface area contributed by atoms with Crippen molar-refractivity contribution in [2.45, 2.75) is 6.42 Å². The number of halogens is 4. The molecule has 23 heavy (non-hydrogen) atoms. The lowest BCUT2D eigenvalue weighted by Crippen LogP contribution is -1.93. The molecule has 0 unspecified atom stereocenters. The first kappa shape index (κ1) is 16.1. The number of fused-ring (bicyclic) bond motifs is 3. The molecule has 4 heteroatoms. The summed E-state index contributed by atoms with van der Waals surface area (Å²) in [6.45, 7) is 0. The first-order valence-electron chi connectivity index (χ1n) is 7.12. The van der Waals surface area contributed by atoms with Gasteiger partial charge in [0.25, 0.3) is 0 Å². The second-order valence-electron chi connectivity index (χ2n) is 5.49. The summed E-state index contributed by atoms with van der Waals surface area (Å²) in [6, 6.07) is 17.0. The van der Waals surface area contributed by atoms with Gasteiger partial charge in [-0.3, -0.25) is 0 Å². The Morgan fingerprint density at radius 1 is 0.609 bits per heavy atom. The molecule has 0 saturated carbocycles. The zero-order chi connectivity index (χ0) is 16.1. The van der Waals surface area contributed by atoms with Gasteiger partial charge in [0, 0.05) is 34.6 Å². The minimum Gasteiger partial charge on any atom is -0.0622 e. The van der Waals surface area contributed by atoms with E-state index in [4.69, 9.17) is 0 Å². The van der Waals surface area contributed by atoms with Gasteiger partial charge in [-0.15, -0.1) is 0 Å². The van der Waals surface area contributed by atoms with Gasteiger partial charge in [-0.2, -0.15) is 0 Å². The van der Waals surface area contributed by atoms with E-state index in [1.165, 1.54) is 33.4 Å². The topological polar surface area (TPSA) is 0 Å². The first-order valence-corrected chi connectivity index (χ1v) is 10.3. The highest BCUT2D eigenvalue weighted by Gasteiger charge is 2.29. The molecule has 0 radical (unpaired) electrons. The monoisotopic (exact) mass is 554 g/mol. The van der Waals surface area contributed by atoms with Crippen molar-refractivity contribution in [1.82, 2.24) is 0 Å². The smallest absolute Gasteiger partial charge is 0.0472 e. The Kier molecular flexibility index (Phi) is 4.29. The third kappa shape index (κ3) is 2.50. The van der Waals surface area contributed by atoms with Crippen LogP contribution < -0.4 is 0 Å². The second kappa shape index (κ2) is 6.14. The largest absolute Gasteiger partial charge is 0.0622 e. The molecular formula is C19H10Br4. The molecule has 3 aromatic carbocycles. The van der Waals surface area contributed by atoms with Crippen molar-refractivity contribution in [3.63, 3.8) is 0 Å². The summed E-state index contributed by atoms with van der Waals surface area (Å²) in [5.41, 5.74) is 7.78. The molecule has 0 heterocycles. The summed E-state index contributed by atoms with van der Waals surface area (Å²) in [6.07, 6.45) is 0.943. The molecule has 0 fully saturated rings. The Bertz CT molecular complexity index is 930. The molecule has 3 aromatic rings. The maximum atomic E-state index is 3.80. The van der Waals surface area contributed by atoms with Crippen LogP contribution in [0.15, 0.2) is 66.4 Å². The van der Waals surface area contributed by atoms with Crippen LogP contribution in [0.3, 0.4) is 0 Å². The SMILES string of the molecule is Brc1cccc2c1-c1c(Br)c(Br)c(Br)c(-c3ccccc3)c1C2. The predicted molar refractivity (Wildman–Crippen MR) is 111 cm³/mol. The van der Waals surface area contributed by atoms with Crippen LogP contribution >= 0.6 is 63.7 Å². The molecule has 1 aliphatic rings. The van der Waals surface area contributed by atoms with Crippen molar-refractivity contribution in [1.29, 1.82) is 0 Å². The van der Waals surface area contributed by atoms with Crippen molar-refractivity contribution in [2.75, 3.05) is 0 Å². The third-order valence-electron chi connectivity index (χ3n) is 4.21. The van der Waals surface area contributed by atoms with Gasteiger partial charge in [-0.25, -0.2) is 0 Å². The quantitative estimate of drug-likeness (QED) is 0.208. The fourth-order valence-corrected chi connectivity index (χ4v) is 5.81. The number of hydrogen-bond acceptors (Lipinski definition) is 0. The van der Waals surface area contributed by atoms with Crippen LogP contribution in [0.5, 0.6) is 0 Å². The van der Waals surface area contributed by atoms with Gasteiger partial charge in [0.05, 0.1) is 0 Å². The zero-order valence-electron chi connectivity index (χ0n) is 11.8. The van der Waals surface area contributed by atoms with Crippen LogP contribution in [0.2, 0.25) is 0 Å². The lowest BCUT2D eigenvalue weighted by Gasteiger charge is -2.16. The van der Waals surface area contributed by atoms with E-state index in [-0.39, 0.29) is 0 Å². The average Bonchev–Trinajstić information content (AvgIpc) is 2.94. The predicted octanol–water partition coefficient (Wildman–Crippen LogP) is 7.97. The Morgan fingerprint density at radius 2 is 1.30 bits per heavy atom. The molecule has 0 N–H and O–H groups in total. The summed E-state index contributed by atoms with van der Waals surface area (Å²) in [5, 5.41) is 0. The second-order valence-corrected chi connectivity index (χ2v) is 8.72. The average molecular weight is 558 g/mol. The third-order valence-corrected chi connectivity index (χ3v) is 8.31. The first-order chi connectivity index (χ1) is 11.1. The van der Waals surface area contributed by atoms with E-state index in [1.807, 2.05) is 0 Å². The Labute approximate surface area is 168 Å². The maximum absolute atomic E-state index is 3.80. The molecule has 0 nitrogen and oxygen atoms in total. The fourth-order valence-electron chi connectivity index (χ4n) is 3.24. The van der Waals surface area contributed by atoms with E-state index >= 15 is 0 Å². The van der Waals surface area contributed by atoms with E-state index in [2.05, 4.69) is 112 Å². The number of benzene rings is 3. The van der Waals surface area contributed by atoms with Crippen molar-refractivity contribution in [3.05, 3.63) is 77.5 Å². The van der Waals surface area contributed by atoms with Gasteiger partial charge in [0.1, 0.15) is 0 Å². The Balaban J connectivity index is 2.12. The highest BCUT2D eigenvalue weighted by Crippen LogP contribution is 2.53. The lowest BCUT2D eigenvalue weighted by atomic mass is 9.96. The lowest BCUT2D eigenvalue weighted by molar-refractivity contribution is 1.25. The number of rotatable bonds is 1. The van der Waals surface area contributed by atoms with E-state index in [0.29, 0.717) is 0 Å². The summed E-state index contributed by atoms with van der Waals surface area (Å²) >= 11 is 15.1. The van der Waals surface area contributed by atoms with E-state index < -0.39 is 0 Å². The van der Waals surface area contributed by atoms with Gasteiger partial charge in [0.2, 0.25) is 0 Å². The van der Waals surface area contributed by atoms with Crippen molar-refractivity contribution < 1.29 is 0 Å². The van der Waals surface area contributed by atoms with Crippen molar-refractivity contribution in [3.8, 4) is 22.3 Å². The van der Waals surface area contributed by atoms with Crippen LogP contribution in [0.4, 0.5) is 0 Å². The van der Waals surface area contributed by atoms with Crippen LogP contribution in [0, 0.1) is 0 Å². The van der Waals surface area contributed by atoms with Crippen LogP contribution in [-0.4, -0.2) is 0 Å². The molecule has 0 atom stereocenters. The normalized spacial score (nSPS) is 12.2. The molecular weight excluding hydrogens is 548 g/mol. The molecule has 0 aromatic heterocycles. The molecule has 0 bridgehead atoms. The van der Waals surface area contributed by atoms with Crippen molar-refractivity contribution in [2.24, 2.45) is 0 Å². The van der Waals surface area contributed by atoms with E-state index in [1.54, 1.807) is 0 Å². The summed E-state index contributed by atoms with van der Waals surface area (Å²) < 4.78 is 4.39. The molecule has 0 saturated heterocycles. The molecule has 1 aliphatic carbocycles. The standard InChI is InChI=1S/C19H10Br4/c20-13-8-4-7-11-9-12-14(10-5-2-1-3-6-10)17(21)19(23)18(22)16(12)15(11)13/h1-8H,9H2. The highest BCUT2D eigenvalue weighted by molar-refractivity contribution is 9.14. The molecule has 4 rings (SSSR count). The Hall–Kier alpha value is -0.420. The summed E-state index contributed by atoms with van der Waals surface area (Å²) in [4.78, 5) is 0. The van der Waals surface area contributed by atoms with Crippen LogP contribution in [-0.2, 0) is 6.42 Å². The molecule has 114 valence electrons. The minimum absolute atomic E-state index is 0.943. The molecule has 0 aliphatic heterocycles. The number of hydrogen-bond donors (Lipinski definition) is 0. The molecule has 0 amide bonds. The summed E-state index contributed by atoms with van der Waals surface area (Å²) in [7, 11) is 0. The van der Waals surface area contributed by atoms with E-state index in [0.717, 1.165) is 24.3 Å². The minimum atomic E-state index is 0.943. The van der Waals surface area contributed by atoms with Gasteiger partial charge >= 0.3 is 0 Å². The van der Waals surface area contributed by atoms with Gasteiger partial charge in [0.15, 0.2) is 0 Å². The Morgan fingerprint density at radius 3 is 2.04 bits per heavy atom. The maximum Gasteiger partial charge on any atom is 0.0472 e. The van der Waals surface area contributed by atoms with Gasteiger partial charge in [-0.1, -0.05) is 58.4 Å². The fraction of sp³-hybridized carbons (Fsp3) is 0.0526. The summed E-state index contributed by atoms with van der Waals surface area (Å²) in [5.74, 6) is 0.